The van der Waals surface area contributed by atoms with E-state index in [0.717, 1.165) is 38.4 Å². The van der Waals surface area contributed by atoms with Crippen LogP contribution in [0, 0.1) is 5.92 Å². The normalized spacial score (nSPS) is 16.2. The van der Waals surface area contributed by atoms with Crippen molar-refractivity contribution >= 4 is 23.3 Å². The Hall–Kier alpha value is -1.29. The van der Waals surface area contributed by atoms with Gasteiger partial charge in [0.1, 0.15) is 5.82 Å². The molecule has 1 aliphatic rings. The van der Waals surface area contributed by atoms with Crippen LogP contribution in [0.15, 0.2) is 12.3 Å². The van der Waals surface area contributed by atoms with E-state index in [-0.39, 0.29) is 5.91 Å². The molecule has 0 unspecified atom stereocenters. The van der Waals surface area contributed by atoms with Gasteiger partial charge in [0, 0.05) is 25.8 Å². The van der Waals surface area contributed by atoms with E-state index in [1.54, 1.807) is 12.3 Å². The second-order valence-corrected chi connectivity index (χ2v) is 5.63. The molecule has 0 saturated carbocycles. The van der Waals surface area contributed by atoms with Crippen LogP contribution in [0.5, 0.6) is 0 Å². The van der Waals surface area contributed by atoms with Gasteiger partial charge in [-0.3, -0.25) is 4.79 Å². The fraction of sp³-hybridized carbons (Fsp3) is 0.600. The van der Waals surface area contributed by atoms with Crippen molar-refractivity contribution in [2.75, 3.05) is 25.0 Å². The molecule has 0 atom stereocenters. The first-order valence-electron chi connectivity index (χ1n) is 7.34. The number of nitrogens with one attached hydrogen (secondary N) is 1. The van der Waals surface area contributed by atoms with E-state index in [0.29, 0.717) is 16.4 Å². The van der Waals surface area contributed by atoms with Gasteiger partial charge in [-0.2, -0.15) is 0 Å². The molecule has 20 heavy (non-hydrogen) atoms. The molecule has 0 aliphatic carbocycles. The first-order valence-corrected chi connectivity index (χ1v) is 7.72. The maximum Gasteiger partial charge on any atom is 0.255 e. The van der Waals surface area contributed by atoms with Crippen LogP contribution in [0.2, 0.25) is 5.02 Å². The lowest BCUT2D eigenvalue weighted by Gasteiger charge is -2.31. The molecule has 1 fully saturated rings. The van der Waals surface area contributed by atoms with E-state index in [2.05, 4.69) is 17.2 Å². The molecule has 1 aromatic rings. The molecular weight excluding hydrogens is 274 g/mol. The fourth-order valence-corrected chi connectivity index (χ4v) is 2.78. The molecule has 4 nitrogen and oxygen atoms in total. The lowest BCUT2D eigenvalue weighted by atomic mass is 9.94. The van der Waals surface area contributed by atoms with Gasteiger partial charge in [0.2, 0.25) is 0 Å². The third-order valence-corrected chi connectivity index (χ3v) is 4.22. The second kappa shape index (κ2) is 6.93. The minimum Gasteiger partial charge on any atom is -0.370 e. The van der Waals surface area contributed by atoms with Gasteiger partial charge in [-0.1, -0.05) is 24.9 Å². The summed E-state index contributed by atoms with van der Waals surface area (Å²) in [6.45, 7) is 6.63. The third kappa shape index (κ3) is 3.42. The quantitative estimate of drug-likeness (QED) is 0.925. The molecule has 1 aliphatic heterocycles. The molecule has 2 heterocycles. The molecule has 0 spiro atoms. The number of halogens is 1. The van der Waals surface area contributed by atoms with Crippen LogP contribution in [-0.4, -0.2) is 35.4 Å². The molecule has 1 N–H and O–H groups in total. The summed E-state index contributed by atoms with van der Waals surface area (Å²) in [5, 5.41) is 3.53. The maximum absolute atomic E-state index is 12.6. The number of likely N-dealkylation sites (tertiary alicyclic amines) is 1. The van der Waals surface area contributed by atoms with Gasteiger partial charge in [0.15, 0.2) is 0 Å². The van der Waals surface area contributed by atoms with E-state index >= 15 is 0 Å². The van der Waals surface area contributed by atoms with E-state index in [1.807, 2.05) is 11.8 Å². The number of carbonyl (C=O) groups is 1. The number of hydrogen-bond donors (Lipinski definition) is 1. The SMILES string of the molecule is CCNc1cc(C(=O)N2CCC(CC)CC2)c(Cl)cn1. The number of aromatic nitrogens is 1. The summed E-state index contributed by atoms with van der Waals surface area (Å²) in [6, 6.07) is 1.75. The summed E-state index contributed by atoms with van der Waals surface area (Å²) in [6.07, 6.45) is 4.92. The zero-order valence-corrected chi connectivity index (χ0v) is 12.9. The van der Waals surface area contributed by atoms with Crippen molar-refractivity contribution in [3.8, 4) is 0 Å². The molecule has 5 heteroatoms. The average molecular weight is 296 g/mol. The molecule has 110 valence electrons. The number of carbonyl (C=O) groups excluding carboxylic acids is 1. The molecule has 1 amide bonds. The van der Waals surface area contributed by atoms with Gasteiger partial charge in [-0.05, 0) is 31.7 Å². The fourth-order valence-electron chi connectivity index (χ4n) is 2.60. The number of rotatable bonds is 4. The van der Waals surface area contributed by atoms with Crippen LogP contribution in [0.1, 0.15) is 43.5 Å². The first-order chi connectivity index (χ1) is 9.65. The summed E-state index contributed by atoms with van der Waals surface area (Å²) in [5.41, 5.74) is 0.549. The van der Waals surface area contributed by atoms with E-state index in [9.17, 15) is 4.79 Å². The highest BCUT2D eigenvalue weighted by Crippen LogP contribution is 2.24. The van der Waals surface area contributed by atoms with Gasteiger partial charge in [-0.25, -0.2) is 4.98 Å². The van der Waals surface area contributed by atoms with Crippen LogP contribution >= 0.6 is 11.6 Å². The maximum atomic E-state index is 12.6. The zero-order valence-electron chi connectivity index (χ0n) is 12.2. The Morgan fingerprint density at radius 1 is 1.45 bits per heavy atom. The second-order valence-electron chi connectivity index (χ2n) is 5.22. The van der Waals surface area contributed by atoms with Crippen molar-refractivity contribution in [3.63, 3.8) is 0 Å². The van der Waals surface area contributed by atoms with Crippen LogP contribution in [0.25, 0.3) is 0 Å². The summed E-state index contributed by atoms with van der Waals surface area (Å²) >= 11 is 6.13. The monoisotopic (exact) mass is 295 g/mol. The molecule has 0 bridgehead atoms. The minimum atomic E-state index is 0.0195. The highest BCUT2D eigenvalue weighted by atomic mass is 35.5. The lowest BCUT2D eigenvalue weighted by Crippen LogP contribution is -2.38. The Morgan fingerprint density at radius 2 is 2.15 bits per heavy atom. The Balaban J connectivity index is 2.10. The van der Waals surface area contributed by atoms with E-state index in [4.69, 9.17) is 11.6 Å². The van der Waals surface area contributed by atoms with Gasteiger partial charge in [0.25, 0.3) is 5.91 Å². The molecule has 1 aromatic heterocycles. The van der Waals surface area contributed by atoms with Crippen LogP contribution in [0.3, 0.4) is 0 Å². The van der Waals surface area contributed by atoms with Crippen LogP contribution in [0.4, 0.5) is 5.82 Å². The van der Waals surface area contributed by atoms with Crippen LogP contribution < -0.4 is 5.32 Å². The topological polar surface area (TPSA) is 45.2 Å². The number of pyridine rings is 1. The number of hydrogen-bond acceptors (Lipinski definition) is 3. The Morgan fingerprint density at radius 3 is 2.75 bits per heavy atom. The van der Waals surface area contributed by atoms with Gasteiger partial charge in [0.05, 0.1) is 10.6 Å². The van der Waals surface area contributed by atoms with Gasteiger partial charge in [-0.15, -0.1) is 0 Å². The first kappa shape index (κ1) is 15.1. The third-order valence-electron chi connectivity index (χ3n) is 3.92. The Kier molecular flexibility index (Phi) is 5.24. The largest absolute Gasteiger partial charge is 0.370 e. The predicted octanol–water partition coefficient (Wildman–Crippen LogP) is 3.43. The molecular formula is C15H22ClN3O. The Bertz CT molecular complexity index is 470. The standard InChI is InChI=1S/C15H22ClN3O/c1-3-11-5-7-19(8-6-11)15(20)12-9-14(17-4-2)18-10-13(12)16/h9-11H,3-8H2,1-2H3,(H,17,18). The summed E-state index contributed by atoms with van der Waals surface area (Å²) < 4.78 is 0. The lowest BCUT2D eigenvalue weighted by molar-refractivity contribution is 0.0689. The molecule has 2 rings (SSSR count). The molecule has 0 radical (unpaired) electrons. The number of amides is 1. The zero-order chi connectivity index (χ0) is 14.5. The molecule has 1 saturated heterocycles. The van der Waals surface area contributed by atoms with Crippen molar-refractivity contribution in [1.29, 1.82) is 0 Å². The number of anilines is 1. The van der Waals surface area contributed by atoms with Crippen molar-refractivity contribution in [2.45, 2.75) is 33.1 Å². The van der Waals surface area contributed by atoms with Gasteiger partial charge < -0.3 is 10.2 Å². The Labute approximate surface area is 125 Å². The van der Waals surface area contributed by atoms with Crippen molar-refractivity contribution in [1.82, 2.24) is 9.88 Å². The van der Waals surface area contributed by atoms with E-state index in [1.165, 1.54) is 6.42 Å². The van der Waals surface area contributed by atoms with Crippen molar-refractivity contribution < 1.29 is 4.79 Å². The number of piperidine rings is 1. The average Bonchev–Trinajstić information content (AvgIpc) is 2.49. The minimum absolute atomic E-state index is 0.0195. The summed E-state index contributed by atoms with van der Waals surface area (Å²) in [4.78, 5) is 18.6. The summed E-state index contributed by atoms with van der Waals surface area (Å²) in [5.74, 6) is 1.47. The number of nitrogens with zero attached hydrogens (tertiary/aromatic N) is 2. The van der Waals surface area contributed by atoms with Crippen molar-refractivity contribution in [3.05, 3.63) is 22.8 Å². The highest BCUT2D eigenvalue weighted by Gasteiger charge is 2.24. The van der Waals surface area contributed by atoms with E-state index < -0.39 is 0 Å². The highest BCUT2D eigenvalue weighted by molar-refractivity contribution is 6.33. The molecule has 0 aromatic carbocycles. The predicted molar refractivity (Wildman–Crippen MR) is 82.3 cm³/mol. The summed E-state index contributed by atoms with van der Waals surface area (Å²) in [7, 11) is 0. The van der Waals surface area contributed by atoms with Crippen molar-refractivity contribution in [2.24, 2.45) is 5.92 Å². The van der Waals surface area contributed by atoms with Crippen LogP contribution in [-0.2, 0) is 0 Å². The smallest absolute Gasteiger partial charge is 0.255 e. The van der Waals surface area contributed by atoms with Gasteiger partial charge >= 0.3 is 0 Å².